The summed E-state index contributed by atoms with van der Waals surface area (Å²) >= 11 is 0. The molecule has 0 saturated carbocycles. The molecule has 0 aliphatic rings. The Bertz CT molecular complexity index is 860. The number of tetrazole rings is 1. The molecule has 7 heteroatoms. The van der Waals surface area contributed by atoms with Crippen LogP contribution in [-0.4, -0.2) is 45.5 Å². The topological polar surface area (TPSA) is 86.8 Å². The summed E-state index contributed by atoms with van der Waals surface area (Å²) in [6, 6.07) is 14.9. The summed E-state index contributed by atoms with van der Waals surface area (Å²) in [4.78, 5) is 14.9. The molecule has 0 aliphatic heterocycles. The number of hydrogen-bond donors (Lipinski definition) is 2. The van der Waals surface area contributed by atoms with Crippen molar-refractivity contribution in [3.05, 3.63) is 59.7 Å². The number of carbonyl (C=O) groups is 1. The maximum Gasteiger partial charge on any atom is 0.246 e. The van der Waals surface area contributed by atoms with E-state index in [9.17, 15) is 4.79 Å². The van der Waals surface area contributed by atoms with Crippen LogP contribution in [0, 0.1) is 6.92 Å². The summed E-state index contributed by atoms with van der Waals surface area (Å²) in [5, 5.41) is 17.0. The molecule has 0 unspecified atom stereocenters. The standard InChI is InChI=1S/C18H20N6O/c1-12-7-6-8-13(11-12)16(24(2)3)18(25)19-15-10-5-4-9-14(15)17-20-22-23-21-17/h4-11,16H,1-3H3,(H,19,25)(H,20,21,22,23)/t16-/m1/s1. The number of nitrogens with zero attached hydrogens (tertiary/aromatic N) is 4. The van der Waals surface area contributed by atoms with Gasteiger partial charge in [-0.25, -0.2) is 0 Å². The average molecular weight is 336 g/mol. The van der Waals surface area contributed by atoms with Crippen molar-refractivity contribution in [1.29, 1.82) is 0 Å². The van der Waals surface area contributed by atoms with Crippen LogP contribution in [0.15, 0.2) is 48.5 Å². The molecule has 128 valence electrons. The van der Waals surface area contributed by atoms with Crippen LogP contribution in [0.3, 0.4) is 0 Å². The van der Waals surface area contributed by atoms with Gasteiger partial charge in [0.15, 0.2) is 0 Å². The minimum absolute atomic E-state index is 0.119. The minimum Gasteiger partial charge on any atom is -0.324 e. The molecule has 1 aromatic heterocycles. The summed E-state index contributed by atoms with van der Waals surface area (Å²) in [6.07, 6.45) is 0. The number of benzene rings is 2. The van der Waals surface area contributed by atoms with Crippen molar-refractivity contribution < 1.29 is 4.79 Å². The van der Waals surface area contributed by atoms with E-state index in [1.807, 2.05) is 74.4 Å². The van der Waals surface area contributed by atoms with Gasteiger partial charge < -0.3 is 5.32 Å². The SMILES string of the molecule is Cc1cccc([C@H](C(=O)Nc2ccccc2-c2nn[nH]n2)N(C)C)c1. The molecule has 0 saturated heterocycles. The summed E-state index contributed by atoms with van der Waals surface area (Å²) < 4.78 is 0. The zero-order valence-corrected chi connectivity index (χ0v) is 14.4. The number of aryl methyl sites for hydroxylation is 1. The smallest absolute Gasteiger partial charge is 0.246 e. The zero-order chi connectivity index (χ0) is 17.8. The second-order valence-corrected chi connectivity index (χ2v) is 6.05. The molecule has 0 bridgehead atoms. The molecule has 0 fully saturated rings. The Kier molecular flexibility index (Phi) is 4.85. The van der Waals surface area contributed by atoms with Gasteiger partial charge in [0.1, 0.15) is 6.04 Å². The van der Waals surface area contributed by atoms with Crippen LogP contribution < -0.4 is 5.32 Å². The lowest BCUT2D eigenvalue weighted by atomic mass is 10.0. The fraction of sp³-hybridized carbons (Fsp3) is 0.222. The molecular weight excluding hydrogens is 316 g/mol. The van der Waals surface area contributed by atoms with Gasteiger partial charge in [0.25, 0.3) is 0 Å². The molecule has 1 atom stereocenters. The summed E-state index contributed by atoms with van der Waals surface area (Å²) in [5.41, 5.74) is 3.42. The number of nitrogens with one attached hydrogen (secondary N) is 2. The van der Waals surface area contributed by atoms with E-state index in [0.717, 1.165) is 11.1 Å². The van der Waals surface area contributed by atoms with Crippen molar-refractivity contribution in [1.82, 2.24) is 25.5 Å². The Morgan fingerprint density at radius 2 is 1.96 bits per heavy atom. The maximum atomic E-state index is 13.0. The van der Waals surface area contributed by atoms with Gasteiger partial charge in [-0.2, -0.15) is 5.21 Å². The molecule has 0 spiro atoms. The third-order valence-corrected chi connectivity index (χ3v) is 3.89. The molecule has 3 aromatic rings. The number of likely N-dealkylation sites (N-methyl/N-ethyl adjacent to an activating group) is 1. The highest BCUT2D eigenvalue weighted by Gasteiger charge is 2.24. The molecule has 3 rings (SSSR count). The van der Waals surface area contributed by atoms with Crippen LogP contribution in [0.25, 0.3) is 11.4 Å². The van der Waals surface area contributed by atoms with Gasteiger partial charge in [-0.05, 0) is 43.9 Å². The quantitative estimate of drug-likeness (QED) is 0.747. The van der Waals surface area contributed by atoms with Gasteiger partial charge in [0.2, 0.25) is 11.7 Å². The van der Waals surface area contributed by atoms with Gasteiger partial charge in [-0.1, -0.05) is 42.0 Å². The van der Waals surface area contributed by atoms with Crippen LogP contribution in [0.1, 0.15) is 17.2 Å². The highest BCUT2D eigenvalue weighted by atomic mass is 16.2. The molecule has 0 radical (unpaired) electrons. The van der Waals surface area contributed by atoms with E-state index >= 15 is 0 Å². The second-order valence-electron chi connectivity index (χ2n) is 6.05. The monoisotopic (exact) mass is 336 g/mol. The van der Waals surface area contributed by atoms with Crippen LogP contribution >= 0.6 is 0 Å². The van der Waals surface area contributed by atoms with E-state index in [2.05, 4.69) is 25.9 Å². The molecule has 2 N–H and O–H groups in total. The number of para-hydroxylation sites is 1. The van der Waals surface area contributed by atoms with Crippen molar-refractivity contribution in [2.45, 2.75) is 13.0 Å². The van der Waals surface area contributed by atoms with Crippen molar-refractivity contribution in [3.8, 4) is 11.4 Å². The van der Waals surface area contributed by atoms with Crippen LogP contribution in [0.2, 0.25) is 0 Å². The van der Waals surface area contributed by atoms with Crippen LogP contribution in [0.5, 0.6) is 0 Å². The number of anilines is 1. The van der Waals surface area contributed by atoms with E-state index in [4.69, 9.17) is 0 Å². The van der Waals surface area contributed by atoms with Crippen molar-refractivity contribution in [2.24, 2.45) is 0 Å². The van der Waals surface area contributed by atoms with Crippen LogP contribution in [0.4, 0.5) is 5.69 Å². The lowest BCUT2D eigenvalue weighted by Crippen LogP contribution is -2.32. The zero-order valence-electron chi connectivity index (χ0n) is 14.4. The van der Waals surface area contributed by atoms with E-state index in [-0.39, 0.29) is 5.91 Å². The molecular formula is C18H20N6O. The Hall–Kier alpha value is -3.06. The Morgan fingerprint density at radius 1 is 1.16 bits per heavy atom. The number of carbonyl (C=O) groups excluding carboxylic acids is 1. The highest BCUT2D eigenvalue weighted by Crippen LogP contribution is 2.27. The molecule has 1 heterocycles. The van der Waals surface area contributed by atoms with Gasteiger partial charge in [0.05, 0.1) is 5.69 Å². The average Bonchev–Trinajstić information content (AvgIpc) is 3.09. The summed E-state index contributed by atoms with van der Waals surface area (Å²) in [5.74, 6) is 0.319. The van der Waals surface area contributed by atoms with Gasteiger partial charge >= 0.3 is 0 Å². The second kappa shape index (κ2) is 7.23. The van der Waals surface area contributed by atoms with Gasteiger partial charge in [0, 0.05) is 5.56 Å². The summed E-state index contributed by atoms with van der Waals surface area (Å²) in [7, 11) is 3.77. The lowest BCUT2D eigenvalue weighted by Gasteiger charge is -2.24. The first-order valence-corrected chi connectivity index (χ1v) is 7.93. The van der Waals surface area contributed by atoms with Crippen molar-refractivity contribution in [2.75, 3.05) is 19.4 Å². The number of rotatable bonds is 5. The predicted octanol–water partition coefficient (Wildman–Crippen LogP) is 2.42. The fourth-order valence-electron chi connectivity index (χ4n) is 2.79. The molecule has 25 heavy (non-hydrogen) atoms. The first-order valence-electron chi connectivity index (χ1n) is 7.93. The number of H-pyrrole nitrogens is 1. The maximum absolute atomic E-state index is 13.0. The third-order valence-electron chi connectivity index (χ3n) is 3.89. The van der Waals surface area contributed by atoms with Crippen LogP contribution in [-0.2, 0) is 4.79 Å². The third kappa shape index (κ3) is 3.72. The lowest BCUT2D eigenvalue weighted by molar-refractivity contribution is -0.120. The fourth-order valence-corrected chi connectivity index (χ4v) is 2.79. The first kappa shape index (κ1) is 16.8. The van der Waals surface area contributed by atoms with E-state index in [1.165, 1.54) is 0 Å². The van der Waals surface area contributed by atoms with E-state index < -0.39 is 6.04 Å². The van der Waals surface area contributed by atoms with Gasteiger partial charge in [-0.3, -0.25) is 9.69 Å². The van der Waals surface area contributed by atoms with Crippen molar-refractivity contribution in [3.63, 3.8) is 0 Å². The minimum atomic E-state index is -0.404. The molecule has 1 amide bonds. The Morgan fingerprint density at radius 3 is 2.64 bits per heavy atom. The number of amides is 1. The van der Waals surface area contributed by atoms with E-state index in [1.54, 1.807) is 0 Å². The highest BCUT2D eigenvalue weighted by molar-refractivity contribution is 5.98. The number of aromatic nitrogens is 4. The Labute approximate surface area is 146 Å². The summed E-state index contributed by atoms with van der Waals surface area (Å²) in [6.45, 7) is 2.01. The molecule has 7 nitrogen and oxygen atoms in total. The number of hydrogen-bond acceptors (Lipinski definition) is 5. The normalized spacial score (nSPS) is 12.2. The first-order chi connectivity index (χ1) is 12.1. The van der Waals surface area contributed by atoms with Crippen molar-refractivity contribution >= 4 is 11.6 Å². The van der Waals surface area contributed by atoms with E-state index in [0.29, 0.717) is 17.1 Å². The number of aromatic amines is 1. The predicted molar refractivity (Wildman–Crippen MR) is 95.9 cm³/mol. The largest absolute Gasteiger partial charge is 0.324 e. The Balaban J connectivity index is 1.91. The molecule has 2 aromatic carbocycles. The van der Waals surface area contributed by atoms with Gasteiger partial charge in [-0.15, -0.1) is 10.2 Å². The molecule has 0 aliphatic carbocycles.